The lowest BCUT2D eigenvalue weighted by Crippen LogP contribution is -2.40. The predicted molar refractivity (Wildman–Crippen MR) is 179 cm³/mol. The number of rotatable bonds is 7. The number of benzene rings is 2. The Morgan fingerprint density at radius 1 is 1.15 bits per heavy atom. The molecule has 0 fully saturated rings. The summed E-state index contributed by atoms with van der Waals surface area (Å²) in [5, 5.41) is 20.9. The zero-order valence-corrected chi connectivity index (χ0v) is 27.5. The predicted octanol–water partition coefficient (Wildman–Crippen LogP) is 6.18. The van der Waals surface area contributed by atoms with Crippen molar-refractivity contribution in [2.75, 3.05) is 13.2 Å². The fraction of sp³-hybridized carbons (Fsp3) is 0.278. The van der Waals surface area contributed by atoms with Gasteiger partial charge in [0.2, 0.25) is 11.8 Å². The van der Waals surface area contributed by atoms with Gasteiger partial charge in [-0.15, -0.1) is 11.3 Å². The van der Waals surface area contributed by atoms with Gasteiger partial charge in [0.15, 0.2) is 0 Å². The average molecular weight is 670 g/mol. The highest BCUT2D eigenvalue weighted by Gasteiger charge is 2.32. The van der Waals surface area contributed by atoms with Crippen molar-refractivity contribution < 1.29 is 28.2 Å². The van der Waals surface area contributed by atoms with E-state index in [2.05, 4.69) is 11.9 Å². The van der Waals surface area contributed by atoms with Gasteiger partial charge in [0, 0.05) is 46.4 Å². The molecule has 2 aliphatic rings. The molecular formula is C36H33F2N5O4S. The van der Waals surface area contributed by atoms with E-state index in [1.54, 1.807) is 18.7 Å². The molecule has 3 aromatic heterocycles. The number of hydrogen-bond acceptors (Lipinski definition) is 7. The summed E-state index contributed by atoms with van der Waals surface area (Å²) < 4.78 is 39.3. The number of halogens is 2. The molecule has 2 aromatic carbocycles. The molecule has 48 heavy (non-hydrogen) atoms. The number of amides is 2. The van der Waals surface area contributed by atoms with Crippen molar-refractivity contribution >= 4 is 33.2 Å². The van der Waals surface area contributed by atoms with E-state index < -0.39 is 17.2 Å². The normalized spacial score (nSPS) is 16.0. The maximum absolute atomic E-state index is 16.1. The van der Waals surface area contributed by atoms with E-state index in [0.29, 0.717) is 53.4 Å². The van der Waals surface area contributed by atoms with Crippen LogP contribution in [-0.2, 0) is 29.1 Å². The van der Waals surface area contributed by atoms with Crippen molar-refractivity contribution in [3.63, 3.8) is 0 Å². The maximum atomic E-state index is 16.1. The molecule has 5 aromatic rings. The molecule has 0 aliphatic carbocycles. The van der Waals surface area contributed by atoms with Gasteiger partial charge in [0.1, 0.15) is 35.4 Å². The number of nitrogens with zero attached hydrogens (tertiary/aromatic N) is 4. The lowest BCUT2D eigenvalue weighted by Gasteiger charge is -2.33. The van der Waals surface area contributed by atoms with Crippen LogP contribution in [0.3, 0.4) is 0 Å². The topological polar surface area (TPSA) is 110 Å². The molecule has 12 heteroatoms. The lowest BCUT2D eigenvalue weighted by atomic mass is 9.93. The number of aromatic nitrogens is 3. The van der Waals surface area contributed by atoms with E-state index in [9.17, 15) is 19.1 Å². The number of nitrogens with one attached hydrogen (secondary N) is 1. The summed E-state index contributed by atoms with van der Waals surface area (Å²) in [5.74, 6) is -1.98. The van der Waals surface area contributed by atoms with E-state index in [-0.39, 0.29) is 35.8 Å². The maximum Gasteiger partial charge on any atom is 0.246 e. The van der Waals surface area contributed by atoms with E-state index in [4.69, 9.17) is 14.8 Å². The van der Waals surface area contributed by atoms with Crippen LogP contribution < -0.4 is 10.1 Å². The number of carbonyl (C=O) groups is 2. The highest BCUT2D eigenvalue weighted by Crippen LogP contribution is 2.47. The van der Waals surface area contributed by atoms with Crippen molar-refractivity contribution in [3.8, 4) is 39.5 Å². The minimum absolute atomic E-state index is 0.00205. The zero-order valence-electron chi connectivity index (χ0n) is 26.6. The Balaban J connectivity index is 1.49. The third-order valence-electron chi connectivity index (χ3n) is 8.72. The molecule has 1 atom stereocenters. The Morgan fingerprint density at radius 3 is 2.73 bits per heavy atom. The van der Waals surface area contributed by atoms with Crippen LogP contribution >= 0.6 is 11.3 Å². The summed E-state index contributed by atoms with van der Waals surface area (Å²) in [5.41, 5.74) is 4.02. The number of hydrogen-bond donors (Lipinski definition) is 2. The van der Waals surface area contributed by atoms with Crippen LogP contribution in [0.15, 0.2) is 60.5 Å². The first-order chi connectivity index (χ1) is 22.9. The molecule has 1 unspecified atom stereocenters. The molecule has 7 rings (SSSR count). The van der Waals surface area contributed by atoms with Crippen LogP contribution in [0.2, 0.25) is 0 Å². The van der Waals surface area contributed by atoms with Gasteiger partial charge in [-0.25, -0.2) is 13.8 Å². The summed E-state index contributed by atoms with van der Waals surface area (Å²) >= 11 is 1.38. The molecule has 9 nitrogen and oxygen atoms in total. The minimum atomic E-state index is -1.27. The Labute approximate surface area is 279 Å². The van der Waals surface area contributed by atoms with Gasteiger partial charge in [-0.2, -0.15) is 5.10 Å². The number of thiophene rings is 1. The summed E-state index contributed by atoms with van der Waals surface area (Å²) in [6, 6.07) is 11.2. The van der Waals surface area contributed by atoms with Crippen molar-refractivity contribution in [3.05, 3.63) is 89.0 Å². The zero-order chi connectivity index (χ0) is 33.9. The summed E-state index contributed by atoms with van der Waals surface area (Å²) in [4.78, 5) is 31.5. The first kappa shape index (κ1) is 31.6. The van der Waals surface area contributed by atoms with E-state index in [1.807, 2.05) is 47.3 Å². The second kappa shape index (κ2) is 11.9. The van der Waals surface area contributed by atoms with Crippen LogP contribution in [0, 0.1) is 11.6 Å². The first-order valence-electron chi connectivity index (χ1n) is 15.6. The van der Waals surface area contributed by atoms with Crippen molar-refractivity contribution in [2.45, 2.75) is 51.9 Å². The second-order valence-electron chi connectivity index (χ2n) is 12.7. The largest absolute Gasteiger partial charge is 0.490 e. The van der Waals surface area contributed by atoms with Crippen molar-refractivity contribution in [1.29, 1.82) is 0 Å². The minimum Gasteiger partial charge on any atom is -0.490 e. The summed E-state index contributed by atoms with van der Waals surface area (Å²) in [6.07, 6.45) is 1.58. The Morgan fingerprint density at radius 2 is 1.96 bits per heavy atom. The van der Waals surface area contributed by atoms with Gasteiger partial charge in [-0.3, -0.25) is 14.3 Å². The molecule has 0 spiro atoms. The molecule has 5 heterocycles. The summed E-state index contributed by atoms with van der Waals surface area (Å²) in [6.45, 7) is 9.69. The Kier molecular flexibility index (Phi) is 7.87. The van der Waals surface area contributed by atoms with Crippen LogP contribution in [-0.4, -0.2) is 55.3 Å². The fourth-order valence-electron chi connectivity index (χ4n) is 6.40. The molecule has 0 radical (unpaired) electrons. The van der Waals surface area contributed by atoms with Crippen LogP contribution in [0.4, 0.5) is 8.78 Å². The van der Waals surface area contributed by atoms with Gasteiger partial charge < -0.3 is 20.1 Å². The van der Waals surface area contributed by atoms with E-state index in [0.717, 1.165) is 39.9 Å². The van der Waals surface area contributed by atoms with Gasteiger partial charge in [-0.1, -0.05) is 18.7 Å². The lowest BCUT2D eigenvalue weighted by molar-refractivity contribution is -0.129. The number of pyridine rings is 1. The number of ether oxygens (including phenoxy) is 1. The third-order valence-corrected chi connectivity index (χ3v) is 9.66. The quantitative estimate of drug-likeness (QED) is 0.200. The van der Waals surface area contributed by atoms with Crippen LogP contribution in [0.1, 0.15) is 43.6 Å². The smallest absolute Gasteiger partial charge is 0.246 e. The Bertz CT molecular complexity index is 2130. The molecule has 246 valence electrons. The number of fused-ring (bicyclic) bond motifs is 3. The molecular weight excluding hydrogens is 636 g/mol. The van der Waals surface area contributed by atoms with Crippen molar-refractivity contribution in [1.82, 2.24) is 25.0 Å². The molecule has 2 N–H and O–H groups in total. The fourth-order valence-corrected chi connectivity index (χ4v) is 7.35. The van der Waals surface area contributed by atoms with E-state index >= 15 is 4.39 Å². The van der Waals surface area contributed by atoms with Gasteiger partial charge in [-0.05, 0) is 61.6 Å². The molecule has 0 saturated heterocycles. The highest BCUT2D eigenvalue weighted by atomic mass is 32.1. The van der Waals surface area contributed by atoms with Crippen molar-refractivity contribution in [2.24, 2.45) is 0 Å². The van der Waals surface area contributed by atoms with Gasteiger partial charge in [0.25, 0.3) is 0 Å². The monoisotopic (exact) mass is 669 g/mol. The number of carbonyl (C=O) groups excluding carboxylic acids is 2. The summed E-state index contributed by atoms with van der Waals surface area (Å²) in [7, 11) is 0. The average Bonchev–Trinajstić information content (AvgIpc) is 3.71. The second-order valence-corrected chi connectivity index (χ2v) is 13.7. The van der Waals surface area contributed by atoms with E-state index in [1.165, 1.54) is 17.4 Å². The molecule has 2 amide bonds. The van der Waals surface area contributed by atoms with Gasteiger partial charge in [0.05, 0.1) is 41.6 Å². The highest BCUT2D eigenvalue weighted by molar-refractivity contribution is 7.18. The standard InChI is InChI=1S/C36H33F2N5O4S/c1-5-30(45)42-9-10-43-27(19(42)2)16-26(41-43)34-32(31-25(38)14-23(37)15-28(31)47-18-36(3,4)46)35-24(8-11-48-35)33(40-34)21-7-6-20-13-29(44)39-17-22(20)12-21/h5-8,11-12,14-16,19,46H,1,9-10,13,17-18H2,2-4H3,(H,39,44). The first-order valence-corrected chi connectivity index (χ1v) is 16.5. The molecule has 0 saturated carbocycles. The molecule has 2 aliphatic heterocycles. The van der Waals surface area contributed by atoms with Crippen LogP contribution in [0.5, 0.6) is 5.75 Å². The number of aliphatic hydroxyl groups is 1. The van der Waals surface area contributed by atoms with Gasteiger partial charge >= 0.3 is 0 Å². The third kappa shape index (κ3) is 5.64. The van der Waals surface area contributed by atoms with Crippen LogP contribution in [0.25, 0.3) is 43.9 Å². The SMILES string of the molecule is C=CC(=O)N1CCn2nc(-c3nc(-c4ccc5c(c4)CNC(=O)C5)c4ccsc4c3-c3c(F)cc(F)cc3OCC(C)(C)O)cc2C1C. The molecule has 0 bridgehead atoms. The Hall–Kier alpha value is -4.94.